The maximum Gasteiger partial charge on any atom is 0.305 e. The smallest absolute Gasteiger partial charge is 0.305 e. The lowest BCUT2D eigenvalue weighted by Gasteiger charge is -2.06. The summed E-state index contributed by atoms with van der Waals surface area (Å²) in [5.41, 5.74) is 0. The Bertz CT molecular complexity index is 378. The molecule has 0 atom stereocenters. The monoisotopic (exact) mass is 438 g/mol. The molecule has 184 valence electrons. The fourth-order valence-corrected chi connectivity index (χ4v) is 3.68. The average Bonchev–Trinajstić information content (AvgIpc) is 2.77. The van der Waals surface area contributed by atoms with Crippen LogP contribution in [0.2, 0.25) is 0 Å². The van der Waals surface area contributed by atoms with E-state index in [0.717, 1.165) is 32.3 Å². The number of unbranched alkanes of at least 4 members (excludes halogenated alkanes) is 16. The molecule has 0 bridgehead atoms. The number of carbonyl (C=O) groups is 1. The molecule has 31 heavy (non-hydrogen) atoms. The number of carbonyl (C=O) groups excluding carboxylic acids is 1. The van der Waals surface area contributed by atoms with Crippen molar-refractivity contribution in [2.45, 2.75) is 142 Å². The summed E-state index contributed by atoms with van der Waals surface area (Å²) in [6, 6.07) is 0. The van der Waals surface area contributed by atoms with E-state index < -0.39 is 0 Å². The van der Waals surface area contributed by atoms with E-state index >= 15 is 0 Å². The van der Waals surface area contributed by atoms with Crippen LogP contribution in [0.3, 0.4) is 0 Å². The Hall–Kier alpha value is -0.830. The van der Waals surface area contributed by atoms with Crippen molar-refractivity contribution < 1.29 is 14.3 Å². The highest BCUT2D eigenvalue weighted by Crippen LogP contribution is 2.12. The molecule has 0 aromatic heterocycles. The molecule has 0 spiro atoms. The summed E-state index contributed by atoms with van der Waals surface area (Å²) >= 11 is 0. The highest BCUT2D eigenvalue weighted by atomic mass is 16.6. The Labute approximate surface area is 194 Å². The number of hydrogen-bond donors (Lipinski definition) is 0. The molecule has 0 aliphatic rings. The lowest BCUT2D eigenvalue weighted by atomic mass is 10.1. The molecule has 0 aromatic rings. The fraction of sp³-hybridized carbons (Fsp3) is 0.893. The van der Waals surface area contributed by atoms with E-state index in [1.165, 1.54) is 96.3 Å². The van der Waals surface area contributed by atoms with Crippen LogP contribution in [0.1, 0.15) is 142 Å². The van der Waals surface area contributed by atoms with Gasteiger partial charge in [-0.05, 0) is 38.5 Å². The summed E-state index contributed by atoms with van der Waals surface area (Å²) in [6.45, 7) is 6.12. The molecular weight excluding hydrogens is 384 g/mol. The number of hydrogen-bond acceptors (Lipinski definition) is 3. The van der Waals surface area contributed by atoms with E-state index in [1.54, 1.807) is 0 Å². The number of allylic oxidation sites excluding steroid dienone is 2. The minimum atomic E-state index is -0.0693. The molecule has 0 saturated carbocycles. The zero-order valence-electron chi connectivity index (χ0n) is 21.1. The largest absolute Gasteiger partial charge is 0.463 e. The van der Waals surface area contributed by atoms with E-state index in [1.807, 2.05) is 0 Å². The van der Waals surface area contributed by atoms with Crippen LogP contribution in [0, 0.1) is 0 Å². The Morgan fingerprint density at radius 2 is 1.03 bits per heavy atom. The van der Waals surface area contributed by atoms with Gasteiger partial charge in [-0.3, -0.25) is 4.79 Å². The van der Waals surface area contributed by atoms with Crippen molar-refractivity contribution in [3.05, 3.63) is 12.2 Å². The van der Waals surface area contributed by atoms with Gasteiger partial charge in [-0.25, -0.2) is 0 Å². The molecule has 0 radical (unpaired) electrons. The standard InChI is InChI=1S/C28H54O3/c1-3-5-7-8-9-10-11-12-13-14-15-16-17-18-19-20-21-22-23-24-28(29)31-27-26-30-25-6-4-2/h12-13H,3-11,14-27H2,1-2H3/b13-12+. The van der Waals surface area contributed by atoms with Gasteiger partial charge in [0.05, 0.1) is 6.61 Å². The first kappa shape index (κ1) is 30.2. The molecule has 0 fully saturated rings. The van der Waals surface area contributed by atoms with E-state index in [9.17, 15) is 4.79 Å². The van der Waals surface area contributed by atoms with Gasteiger partial charge in [0, 0.05) is 13.0 Å². The molecule has 0 saturated heterocycles. The van der Waals surface area contributed by atoms with Crippen LogP contribution < -0.4 is 0 Å². The van der Waals surface area contributed by atoms with Crippen LogP contribution >= 0.6 is 0 Å². The third-order valence-corrected chi connectivity index (χ3v) is 5.78. The van der Waals surface area contributed by atoms with Crippen molar-refractivity contribution in [1.29, 1.82) is 0 Å². The van der Waals surface area contributed by atoms with Crippen LogP contribution in [0.4, 0.5) is 0 Å². The zero-order chi connectivity index (χ0) is 22.7. The molecule has 0 aliphatic carbocycles. The summed E-state index contributed by atoms with van der Waals surface area (Å²) in [4.78, 5) is 11.6. The summed E-state index contributed by atoms with van der Waals surface area (Å²) in [7, 11) is 0. The summed E-state index contributed by atoms with van der Waals surface area (Å²) in [5, 5.41) is 0. The molecule has 3 heteroatoms. The highest BCUT2D eigenvalue weighted by Gasteiger charge is 2.02. The summed E-state index contributed by atoms with van der Waals surface area (Å²) < 4.78 is 10.6. The maximum absolute atomic E-state index is 11.6. The van der Waals surface area contributed by atoms with Crippen molar-refractivity contribution in [2.75, 3.05) is 19.8 Å². The van der Waals surface area contributed by atoms with Gasteiger partial charge < -0.3 is 9.47 Å². The van der Waals surface area contributed by atoms with E-state index in [0.29, 0.717) is 19.6 Å². The quantitative estimate of drug-likeness (QED) is 0.0810. The van der Waals surface area contributed by atoms with Crippen molar-refractivity contribution >= 4 is 5.97 Å². The third kappa shape index (κ3) is 27.1. The van der Waals surface area contributed by atoms with Gasteiger partial charge in [0.15, 0.2) is 0 Å². The summed E-state index contributed by atoms with van der Waals surface area (Å²) in [5.74, 6) is -0.0693. The van der Waals surface area contributed by atoms with Crippen LogP contribution in [0.15, 0.2) is 12.2 Å². The van der Waals surface area contributed by atoms with Crippen molar-refractivity contribution in [3.63, 3.8) is 0 Å². The highest BCUT2D eigenvalue weighted by molar-refractivity contribution is 5.69. The lowest BCUT2D eigenvalue weighted by molar-refractivity contribution is -0.145. The fourth-order valence-electron chi connectivity index (χ4n) is 3.68. The van der Waals surface area contributed by atoms with Gasteiger partial charge in [-0.2, -0.15) is 0 Å². The van der Waals surface area contributed by atoms with Gasteiger partial charge in [-0.15, -0.1) is 0 Å². The first-order valence-corrected chi connectivity index (χ1v) is 13.7. The predicted molar refractivity (Wildman–Crippen MR) is 135 cm³/mol. The van der Waals surface area contributed by atoms with E-state index in [-0.39, 0.29) is 5.97 Å². The minimum absolute atomic E-state index is 0.0693. The topological polar surface area (TPSA) is 35.5 Å². The zero-order valence-corrected chi connectivity index (χ0v) is 21.1. The molecule has 0 aliphatic heterocycles. The number of esters is 1. The minimum Gasteiger partial charge on any atom is -0.463 e. The molecule has 0 N–H and O–H groups in total. The maximum atomic E-state index is 11.6. The number of rotatable bonds is 25. The van der Waals surface area contributed by atoms with Gasteiger partial charge in [0.25, 0.3) is 0 Å². The van der Waals surface area contributed by atoms with E-state index in [2.05, 4.69) is 26.0 Å². The molecule has 3 nitrogen and oxygen atoms in total. The van der Waals surface area contributed by atoms with Crippen molar-refractivity contribution in [3.8, 4) is 0 Å². The van der Waals surface area contributed by atoms with Gasteiger partial charge in [0.2, 0.25) is 0 Å². The van der Waals surface area contributed by atoms with Crippen LogP contribution in [-0.4, -0.2) is 25.8 Å². The average molecular weight is 439 g/mol. The SMILES string of the molecule is CCCCCCCC/C=C/CCCCCCCCCCCC(=O)OCCOCCCC. The first-order chi connectivity index (χ1) is 15.3. The second kappa shape index (κ2) is 27.2. The molecule has 0 rings (SSSR count). The Morgan fingerprint density at radius 3 is 1.58 bits per heavy atom. The van der Waals surface area contributed by atoms with Crippen LogP contribution in [0.5, 0.6) is 0 Å². The van der Waals surface area contributed by atoms with Crippen LogP contribution in [-0.2, 0) is 14.3 Å². The van der Waals surface area contributed by atoms with Crippen LogP contribution in [0.25, 0.3) is 0 Å². The first-order valence-electron chi connectivity index (χ1n) is 13.7. The summed E-state index contributed by atoms with van der Waals surface area (Å²) in [6.07, 6.45) is 29.9. The van der Waals surface area contributed by atoms with Crippen molar-refractivity contribution in [2.24, 2.45) is 0 Å². The molecule has 0 amide bonds. The normalized spacial score (nSPS) is 11.4. The molecule has 0 unspecified atom stereocenters. The van der Waals surface area contributed by atoms with Gasteiger partial charge in [-0.1, -0.05) is 109 Å². The Balaban J connectivity index is 3.16. The van der Waals surface area contributed by atoms with Crippen molar-refractivity contribution in [1.82, 2.24) is 0 Å². The third-order valence-electron chi connectivity index (χ3n) is 5.78. The lowest BCUT2D eigenvalue weighted by Crippen LogP contribution is -2.10. The van der Waals surface area contributed by atoms with Gasteiger partial charge >= 0.3 is 5.97 Å². The van der Waals surface area contributed by atoms with E-state index in [4.69, 9.17) is 9.47 Å². The second-order valence-electron chi connectivity index (χ2n) is 8.93. The molecular formula is C28H54O3. The molecule has 0 heterocycles. The Kier molecular flexibility index (Phi) is 26.5. The second-order valence-corrected chi connectivity index (χ2v) is 8.93. The Morgan fingerprint density at radius 1 is 0.548 bits per heavy atom. The van der Waals surface area contributed by atoms with Gasteiger partial charge in [0.1, 0.15) is 6.61 Å². The number of ether oxygens (including phenoxy) is 2. The predicted octanol–water partition coefficient (Wildman–Crippen LogP) is 8.94. The molecule has 0 aromatic carbocycles.